The number of ether oxygens (including phenoxy) is 1. The van der Waals surface area contributed by atoms with E-state index in [1.165, 1.54) is 12.8 Å². The number of aryl methyl sites for hydroxylation is 1. The Kier molecular flexibility index (Phi) is 4.78. The summed E-state index contributed by atoms with van der Waals surface area (Å²) in [7, 11) is 0. The molecule has 8 nitrogen and oxygen atoms in total. The molecule has 176 valence electrons. The van der Waals surface area contributed by atoms with Gasteiger partial charge in [-0.2, -0.15) is 5.10 Å². The first-order valence-electron chi connectivity index (χ1n) is 12.0. The van der Waals surface area contributed by atoms with Crippen molar-refractivity contribution in [3.05, 3.63) is 59.8 Å². The molecule has 1 aliphatic carbocycles. The van der Waals surface area contributed by atoms with E-state index in [4.69, 9.17) is 26.4 Å². The maximum Gasteiger partial charge on any atom is 0.148 e. The molecule has 2 bridgehead atoms. The van der Waals surface area contributed by atoms with Crippen LogP contribution in [-0.4, -0.2) is 42.8 Å². The highest BCUT2D eigenvalue weighted by Crippen LogP contribution is 2.43. The van der Waals surface area contributed by atoms with Crippen molar-refractivity contribution in [1.82, 2.24) is 35.0 Å². The van der Waals surface area contributed by atoms with E-state index in [0.29, 0.717) is 39.9 Å². The predicted octanol–water partition coefficient (Wildman–Crippen LogP) is 5.29. The van der Waals surface area contributed by atoms with Gasteiger partial charge in [0.1, 0.15) is 27.9 Å². The van der Waals surface area contributed by atoms with E-state index in [9.17, 15) is 0 Å². The van der Waals surface area contributed by atoms with Crippen LogP contribution in [0.15, 0.2) is 48.9 Å². The fraction of sp³-hybridized carbons (Fsp3) is 0.308. The second-order valence-electron chi connectivity index (χ2n) is 9.56. The molecule has 9 heteroatoms. The molecule has 2 unspecified atom stereocenters. The zero-order valence-electron chi connectivity index (χ0n) is 19.2. The number of fused-ring (bicyclic) bond motifs is 4. The number of piperidine rings is 1. The van der Waals surface area contributed by atoms with Crippen molar-refractivity contribution < 1.29 is 4.74 Å². The van der Waals surface area contributed by atoms with Crippen LogP contribution in [0.2, 0.25) is 5.02 Å². The molecule has 7 rings (SSSR count). The van der Waals surface area contributed by atoms with Crippen molar-refractivity contribution in [3.63, 3.8) is 0 Å². The average Bonchev–Trinajstić information content (AvgIpc) is 3.55. The third-order valence-corrected chi connectivity index (χ3v) is 7.67. The Labute approximate surface area is 206 Å². The number of nitrogens with zero attached hydrogens (tertiary/aromatic N) is 5. The molecule has 0 amide bonds. The van der Waals surface area contributed by atoms with Gasteiger partial charge < -0.3 is 15.0 Å². The lowest BCUT2D eigenvalue weighted by Crippen LogP contribution is -2.39. The Morgan fingerprint density at radius 2 is 1.86 bits per heavy atom. The van der Waals surface area contributed by atoms with Crippen molar-refractivity contribution in [2.75, 3.05) is 13.1 Å². The highest BCUT2D eigenvalue weighted by Gasteiger charge is 2.40. The smallest absolute Gasteiger partial charge is 0.148 e. The van der Waals surface area contributed by atoms with E-state index in [-0.39, 0.29) is 0 Å². The first-order valence-corrected chi connectivity index (χ1v) is 12.3. The summed E-state index contributed by atoms with van der Waals surface area (Å²) in [6.07, 6.45) is 8.30. The highest BCUT2D eigenvalue weighted by molar-refractivity contribution is 6.36. The fourth-order valence-electron chi connectivity index (χ4n) is 5.67. The first kappa shape index (κ1) is 20.8. The molecule has 0 spiro atoms. The van der Waals surface area contributed by atoms with Crippen LogP contribution >= 0.6 is 11.6 Å². The summed E-state index contributed by atoms with van der Waals surface area (Å²) in [5.41, 5.74) is 4.83. The lowest BCUT2D eigenvalue weighted by molar-refractivity contribution is 0.230. The van der Waals surface area contributed by atoms with Crippen LogP contribution in [0.4, 0.5) is 0 Å². The topological polar surface area (TPSA) is 93.5 Å². The van der Waals surface area contributed by atoms with Crippen LogP contribution < -0.4 is 10.1 Å². The van der Waals surface area contributed by atoms with Crippen molar-refractivity contribution in [3.8, 4) is 22.8 Å². The van der Waals surface area contributed by atoms with Crippen molar-refractivity contribution in [2.45, 2.75) is 25.8 Å². The van der Waals surface area contributed by atoms with Crippen LogP contribution in [-0.2, 0) is 0 Å². The molecule has 1 saturated carbocycles. The van der Waals surface area contributed by atoms with Crippen LogP contribution in [0.25, 0.3) is 33.3 Å². The van der Waals surface area contributed by atoms with Gasteiger partial charge in [-0.15, -0.1) is 0 Å². The van der Waals surface area contributed by atoms with Gasteiger partial charge in [-0.1, -0.05) is 11.6 Å². The largest absolute Gasteiger partial charge is 0.456 e. The van der Waals surface area contributed by atoms with Gasteiger partial charge in [-0.25, -0.2) is 9.97 Å². The minimum atomic E-state index is 0.432. The number of hydrogen-bond donors (Lipinski definition) is 2. The van der Waals surface area contributed by atoms with Gasteiger partial charge >= 0.3 is 0 Å². The molecule has 2 N–H and O–H groups in total. The predicted molar refractivity (Wildman–Crippen MR) is 135 cm³/mol. The van der Waals surface area contributed by atoms with Crippen molar-refractivity contribution in [2.24, 2.45) is 11.8 Å². The Morgan fingerprint density at radius 1 is 1.03 bits per heavy atom. The number of H-pyrrole nitrogens is 1. The van der Waals surface area contributed by atoms with E-state index >= 15 is 0 Å². The number of aromatic amines is 1. The zero-order valence-corrected chi connectivity index (χ0v) is 20.0. The van der Waals surface area contributed by atoms with Crippen LogP contribution in [0.5, 0.6) is 11.5 Å². The second-order valence-corrected chi connectivity index (χ2v) is 9.94. The summed E-state index contributed by atoms with van der Waals surface area (Å²) in [6.45, 7) is 4.06. The molecule has 2 atom stereocenters. The normalized spacial score (nSPS) is 21.7. The highest BCUT2D eigenvalue weighted by atomic mass is 35.5. The van der Waals surface area contributed by atoms with Gasteiger partial charge in [-0.05, 0) is 55.9 Å². The minimum Gasteiger partial charge on any atom is -0.456 e. The van der Waals surface area contributed by atoms with Gasteiger partial charge in [0.2, 0.25) is 0 Å². The van der Waals surface area contributed by atoms with E-state index in [1.807, 2.05) is 43.5 Å². The summed E-state index contributed by atoms with van der Waals surface area (Å²) < 4.78 is 8.26. The molecule has 2 aromatic carbocycles. The molecule has 4 heterocycles. The average molecular weight is 486 g/mol. The third-order valence-electron chi connectivity index (χ3n) is 7.31. The fourth-order valence-corrected chi connectivity index (χ4v) is 5.91. The van der Waals surface area contributed by atoms with Gasteiger partial charge in [-0.3, -0.25) is 9.67 Å². The summed E-state index contributed by atoms with van der Waals surface area (Å²) in [5.74, 6) is 3.35. The Hall–Kier alpha value is -3.49. The molecule has 2 fully saturated rings. The zero-order chi connectivity index (χ0) is 23.5. The molecule has 0 radical (unpaired) electrons. The van der Waals surface area contributed by atoms with Gasteiger partial charge in [0.15, 0.2) is 0 Å². The molecule has 1 saturated heterocycles. The van der Waals surface area contributed by atoms with Gasteiger partial charge in [0, 0.05) is 30.9 Å². The molecule has 3 aromatic heterocycles. The van der Waals surface area contributed by atoms with Crippen LogP contribution in [0, 0.1) is 18.8 Å². The van der Waals surface area contributed by atoms with Crippen molar-refractivity contribution >= 4 is 33.7 Å². The maximum atomic E-state index is 6.77. The maximum absolute atomic E-state index is 6.77. The van der Waals surface area contributed by atoms with Crippen LogP contribution in [0.1, 0.15) is 24.7 Å². The first-order chi connectivity index (χ1) is 17.1. The van der Waals surface area contributed by atoms with E-state index in [0.717, 1.165) is 46.7 Å². The van der Waals surface area contributed by atoms with Crippen LogP contribution in [0.3, 0.4) is 0 Å². The van der Waals surface area contributed by atoms with Gasteiger partial charge in [0.25, 0.3) is 0 Å². The minimum absolute atomic E-state index is 0.432. The quantitative estimate of drug-likeness (QED) is 0.359. The number of halogens is 1. The van der Waals surface area contributed by atoms with Gasteiger partial charge in [0.05, 0.1) is 40.7 Å². The van der Waals surface area contributed by atoms with E-state index < -0.39 is 0 Å². The number of benzene rings is 2. The molecule has 35 heavy (non-hydrogen) atoms. The lowest BCUT2D eigenvalue weighted by Gasteiger charge is -2.30. The molecular formula is C26H24ClN7O. The van der Waals surface area contributed by atoms with Crippen molar-refractivity contribution in [1.29, 1.82) is 0 Å². The number of nitrogens with one attached hydrogen (secondary N) is 2. The third kappa shape index (κ3) is 3.56. The lowest BCUT2D eigenvalue weighted by atomic mass is 9.94. The Bertz CT molecular complexity index is 1560. The number of hydrogen-bond acceptors (Lipinski definition) is 6. The molecule has 5 aromatic rings. The summed E-state index contributed by atoms with van der Waals surface area (Å²) in [4.78, 5) is 17.1. The molecule has 2 aliphatic rings. The number of aromatic nitrogens is 6. The monoisotopic (exact) mass is 485 g/mol. The summed E-state index contributed by atoms with van der Waals surface area (Å²) in [6, 6.07) is 9.88. The summed E-state index contributed by atoms with van der Waals surface area (Å²) in [5, 5.41) is 8.70. The molecule has 1 aliphatic heterocycles. The number of imidazole rings is 1. The summed E-state index contributed by atoms with van der Waals surface area (Å²) >= 11 is 6.77. The standard InChI is InChI=1S/C26H24ClN7O/c1-14-31-19-5-4-18(8-21(19)32-14)35-23-7-6-20-25(24(23)27)33-22(12-29-20)17-11-30-34(13-17)26-15-2-3-16(26)10-28-9-15/h4-8,11-13,15-16,26,28H,2-3,9-10H2,1H3,(H,31,32). The molecular weight excluding hydrogens is 462 g/mol. The van der Waals surface area contributed by atoms with E-state index in [2.05, 4.69) is 31.1 Å². The number of rotatable bonds is 4. The Balaban J connectivity index is 1.21. The van der Waals surface area contributed by atoms with E-state index in [1.54, 1.807) is 6.20 Å². The Morgan fingerprint density at radius 3 is 2.71 bits per heavy atom. The second kappa shape index (κ2) is 8.03. The SMILES string of the molecule is Cc1nc2ccc(Oc3ccc4ncc(-c5cnn(C6C7CCC6CNC7)c5)nc4c3Cl)cc2[nH]1.